The van der Waals surface area contributed by atoms with E-state index >= 15 is 0 Å². The Kier molecular flexibility index (Phi) is 3.54. The van der Waals surface area contributed by atoms with Gasteiger partial charge in [0.25, 0.3) is 0 Å². The third-order valence-electron chi connectivity index (χ3n) is 2.86. The molecule has 0 amide bonds. The molecule has 1 heterocycles. The number of halogens is 1. The smallest absolute Gasteiger partial charge is 0.119 e. The van der Waals surface area contributed by atoms with Crippen LogP contribution in [-0.2, 0) is 13.5 Å². The van der Waals surface area contributed by atoms with Crippen molar-refractivity contribution in [2.24, 2.45) is 7.05 Å². The number of rotatable bonds is 4. The van der Waals surface area contributed by atoms with Crippen LogP contribution in [0, 0.1) is 0 Å². The van der Waals surface area contributed by atoms with Gasteiger partial charge in [-0.2, -0.15) is 0 Å². The van der Waals surface area contributed by atoms with Crippen LogP contribution in [0.4, 0.5) is 0 Å². The maximum atomic E-state index is 5.27. The molecule has 0 N–H and O–H groups in total. The fourth-order valence-corrected chi connectivity index (χ4v) is 2.32. The first kappa shape index (κ1) is 11.5. The minimum absolute atomic E-state index is 0.929. The van der Waals surface area contributed by atoms with E-state index in [1.165, 1.54) is 16.5 Å². The fraction of sp³-hybridized carbons (Fsp3) is 0.385. The van der Waals surface area contributed by atoms with Crippen LogP contribution in [0.25, 0.3) is 10.9 Å². The molecule has 3 heteroatoms. The lowest BCUT2D eigenvalue weighted by molar-refractivity contribution is 0.415. The SMILES string of the molecule is COc1ccc2c(c1)c(CCCBr)cn2C. The maximum Gasteiger partial charge on any atom is 0.119 e. The van der Waals surface area contributed by atoms with E-state index in [1.807, 2.05) is 6.07 Å². The largest absolute Gasteiger partial charge is 0.497 e. The quantitative estimate of drug-likeness (QED) is 0.783. The molecule has 0 saturated heterocycles. The van der Waals surface area contributed by atoms with Crippen molar-refractivity contribution in [3.8, 4) is 5.75 Å². The van der Waals surface area contributed by atoms with E-state index in [1.54, 1.807) is 7.11 Å². The Morgan fingerprint density at radius 2 is 2.19 bits per heavy atom. The zero-order valence-corrected chi connectivity index (χ0v) is 11.3. The first-order valence-electron chi connectivity index (χ1n) is 5.44. The van der Waals surface area contributed by atoms with Crippen molar-refractivity contribution in [2.75, 3.05) is 12.4 Å². The Labute approximate surface area is 104 Å². The van der Waals surface area contributed by atoms with Crippen molar-refractivity contribution >= 4 is 26.8 Å². The summed E-state index contributed by atoms with van der Waals surface area (Å²) >= 11 is 3.47. The number of aromatic nitrogens is 1. The number of fused-ring (bicyclic) bond motifs is 1. The minimum Gasteiger partial charge on any atom is -0.497 e. The van der Waals surface area contributed by atoms with Crippen LogP contribution in [0.1, 0.15) is 12.0 Å². The van der Waals surface area contributed by atoms with Crippen molar-refractivity contribution in [1.82, 2.24) is 4.57 Å². The minimum atomic E-state index is 0.929. The molecule has 1 aromatic heterocycles. The van der Waals surface area contributed by atoms with E-state index < -0.39 is 0 Å². The summed E-state index contributed by atoms with van der Waals surface area (Å²) in [5.74, 6) is 0.929. The van der Waals surface area contributed by atoms with Gasteiger partial charge in [-0.15, -0.1) is 0 Å². The molecule has 0 aliphatic carbocycles. The van der Waals surface area contributed by atoms with Crippen LogP contribution in [0.15, 0.2) is 24.4 Å². The van der Waals surface area contributed by atoms with Crippen LogP contribution in [0.2, 0.25) is 0 Å². The average molecular weight is 282 g/mol. The number of aryl methyl sites for hydroxylation is 2. The molecular weight excluding hydrogens is 266 g/mol. The summed E-state index contributed by atoms with van der Waals surface area (Å²) in [4.78, 5) is 0. The highest BCUT2D eigenvalue weighted by atomic mass is 79.9. The van der Waals surface area contributed by atoms with Gasteiger partial charge in [-0.25, -0.2) is 0 Å². The zero-order chi connectivity index (χ0) is 11.5. The van der Waals surface area contributed by atoms with E-state index in [0.717, 1.165) is 23.9 Å². The molecule has 16 heavy (non-hydrogen) atoms. The van der Waals surface area contributed by atoms with Crippen molar-refractivity contribution in [3.63, 3.8) is 0 Å². The van der Waals surface area contributed by atoms with Gasteiger partial charge in [0.05, 0.1) is 7.11 Å². The summed E-state index contributed by atoms with van der Waals surface area (Å²) in [6, 6.07) is 6.25. The van der Waals surface area contributed by atoms with E-state index in [0.29, 0.717) is 0 Å². The summed E-state index contributed by atoms with van der Waals surface area (Å²) < 4.78 is 7.45. The molecule has 0 aliphatic rings. The zero-order valence-electron chi connectivity index (χ0n) is 9.66. The summed E-state index contributed by atoms with van der Waals surface area (Å²) in [5, 5.41) is 2.36. The van der Waals surface area contributed by atoms with E-state index in [4.69, 9.17) is 4.74 Å². The van der Waals surface area contributed by atoms with Gasteiger partial charge in [0.2, 0.25) is 0 Å². The normalized spacial score (nSPS) is 10.9. The van der Waals surface area contributed by atoms with Crippen LogP contribution >= 0.6 is 15.9 Å². The number of ether oxygens (including phenoxy) is 1. The number of benzene rings is 1. The molecule has 0 fully saturated rings. The number of alkyl halides is 1. The van der Waals surface area contributed by atoms with Gasteiger partial charge >= 0.3 is 0 Å². The Bertz CT molecular complexity index is 490. The topological polar surface area (TPSA) is 14.2 Å². The molecule has 0 spiro atoms. The molecule has 86 valence electrons. The third-order valence-corrected chi connectivity index (χ3v) is 3.42. The van der Waals surface area contributed by atoms with E-state index in [9.17, 15) is 0 Å². The molecule has 2 rings (SSSR count). The van der Waals surface area contributed by atoms with E-state index in [2.05, 4.69) is 45.9 Å². The van der Waals surface area contributed by atoms with Gasteiger partial charge in [0.1, 0.15) is 5.75 Å². The fourth-order valence-electron chi connectivity index (χ4n) is 2.04. The van der Waals surface area contributed by atoms with Gasteiger partial charge in [-0.3, -0.25) is 0 Å². The molecule has 1 aromatic carbocycles. The Balaban J connectivity index is 2.47. The standard InChI is InChI=1S/C13H16BrNO/c1-15-9-10(4-3-7-14)12-8-11(16-2)5-6-13(12)15/h5-6,8-9H,3-4,7H2,1-2H3. The van der Waals surface area contributed by atoms with Crippen molar-refractivity contribution in [3.05, 3.63) is 30.0 Å². The Hall–Kier alpha value is -0.960. The average Bonchev–Trinajstić information content (AvgIpc) is 2.63. The molecule has 0 atom stereocenters. The number of hydrogen-bond acceptors (Lipinski definition) is 1. The highest BCUT2D eigenvalue weighted by molar-refractivity contribution is 9.09. The molecule has 0 radical (unpaired) electrons. The highest BCUT2D eigenvalue weighted by Crippen LogP contribution is 2.26. The lowest BCUT2D eigenvalue weighted by Gasteiger charge is -2.01. The first-order valence-corrected chi connectivity index (χ1v) is 6.56. The number of nitrogens with zero attached hydrogens (tertiary/aromatic N) is 1. The second-order valence-electron chi connectivity index (χ2n) is 3.94. The second-order valence-corrected chi connectivity index (χ2v) is 4.73. The van der Waals surface area contributed by atoms with Crippen LogP contribution < -0.4 is 4.74 Å². The molecule has 2 aromatic rings. The molecule has 0 saturated carbocycles. The summed E-state index contributed by atoms with van der Waals surface area (Å²) in [6.07, 6.45) is 4.48. The molecule has 0 aliphatic heterocycles. The summed E-state index contributed by atoms with van der Waals surface area (Å²) in [7, 11) is 3.80. The van der Waals surface area contributed by atoms with Gasteiger partial charge in [-0.05, 0) is 36.6 Å². The van der Waals surface area contributed by atoms with Gasteiger partial charge < -0.3 is 9.30 Å². The first-order chi connectivity index (χ1) is 7.76. The summed E-state index contributed by atoms with van der Waals surface area (Å²) in [5.41, 5.74) is 2.67. The van der Waals surface area contributed by atoms with Crippen molar-refractivity contribution < 1.29 is 4.74 Å². The van der Waals surface area contributed by atoms with Crippen LogP contribution in [0.5, 0.6) is 5.75 Å². The van der Waals surface area contributed by atoms with Crippen LogP contribution in [-0.4, -0.2) is 17.0 Å². The van der Waals surface area contributed by atoms with Crippen molar-refractivity contribution in [2.45, 2.75) is 12.8 Å². The van der Waals surface area contributed by atoms with E-state index in [-0.39, 0.29) is 0 Å². The molecule has 2 nitrogen and oxygen atoms in total. The number of methoxy groups -OCH3 is 1. The van der Waals surface area contributed by atoms with Crippen LogP contribution in [0.3, 0.4) is 0 Å². The highest BCUT2D eigenvalue weighted by Gasteiger charge is 2.07. The lowest BCUT2D eigenvalue weighted by atomic mass is 10.1. The molecule has 0 unspecified atom stereocenters. The number of hydrogen-bond donors (Lipinski definition) is 0. The Morgan fingerprint density at radius 1 is 1.38 bits per heavy atom. The molecular formula is C13H16BrNO. The third kappa shape index (κ3) is 2.09. The van der Waals surface area contributed by atoms with Gasteiger partial charge in [-0.1, -0.05) is 15.9 Å². The Morgan fingerprint density at radius 3 is 2.88 bits per heavy atom. The molecule has 0 bridgehead atoms. The predicted octanol–water partition coefficient (Wildman–Crippen LogP) is 3.51. The second kappa shape index (κ2) is 4.91. The maximum absolute atomic E-state index is 5.27. The predicted molar refractivity (Wildman–Crippen MR) is 71.6 cm³/mol. The van der Waals surface area contributed by atoms with Crippen molar-refractivity contribution in [1.29, 1.82) is 0 Å². The summed E-state index contributed by atoms with van der Waals surface area (Å²) in [6.45, 7) is 0. The lowest BCUT2D eigenvalue weighted by Crippen LogP contribution is -1.85. The van der Waals surface area contributed by atoms with Gasteiger partial charge in [0.15, 0.2) is 0 Å². The van der Waals surface area contributed by atoms with Gasteiger partial charge in [0, 0.05) is 29.5 Å². The monoisotopic (exact) mass is 281 g/mol.